The highest BCUT2D eigenvalue weighted by Crippen LogP contribution is 2.31. The van der Waals surface area contributed by atoms with Crippen LogP contribution in [0.5, 0.6) is 0 Å². The van der Waals surface area contributed by atoms with Crippen molar-refractivity contribution in [3.05, 3.63) is 39.9 Å². The number of nitrogens with zero attached hydrogens (tertiary/aromatic N) is 1. The third-order valence-electron chi connectivity index (χ3n) is 4.59. The van der Waals surface area contributed by atoms with Crippen LogP contribution in [0.4, 0.5) is 5.69 Å². The third kappa shape index (κ3) is 4.25. The van der Waals surface area contributed by atoms with Gasteiger partial charge in [0.25, 0.3) is 5.69 Å². The Kier molecular flexibility index (Phi) is 5.31. The molecule has 0 amide bonds. The molecule has 1 aromatic rings. The second kappa shape index (κ2) is 7.00. The molecular formula is C16H24N2O3. The molecule has 0 heterocycles. The van der Waals surface area contributed by atoms with E-state index in [-0.39, 0.29) is 22.8 Å². The van der Waals surface area contributed by atoms with Crippen LogP contribution in [0.2, 0.25) is 0 Å². The van der Waals surface area contributed by atoms with Crippen LogP contribution in [0, 0.1) is 16.0 Å². The maximum atomic E-state index is 10.6. The van der Waals surface area contributed by atoms with E-state index in [1.165, 1.54) is 0 Å². The molecule has 1 aliphatic rings. The van der Waals surface area contributed by atoms with E-state index in [0.717, 1.165) is 50.1 Å². The van der Waals surface area contributed by atoms with E-state index < -0.39 is 0 Å². The van der Waals surface area contributed by atoms with Crippen molar-refractivity contribution in [3.8, 4) is 0 Å². The molecule has 2 N–H and O–H groups in total. The zero-order chi connectivity index (χ0) is 15.3. The van der Waals surface area contributed by atoms with E-state index in [2.05, 4.69) is 12.2 Å². The molecule has 0 aliphatic heterocycles. The first-order valence-corrected chi connectivity index (χ1v) is 7.64. The van der Waals surface area contributed by atoms with Crippen LogP contribution in [0.25, 0.3) is 0 Å². The second-order valence-electron chi connectivity index (χ2n) is 6.22. The molecule has 0 bridgehead atoms. The Bertz CT molecular complexity index is 465. The number of rotatable bonds is 6. The maximum Gasteiger partial charge on any atom is 0.269 e. The first-order chi connectivity index (χ1) is 10.0. The summed E-state index contributed by atoms with van der Waals surface area (Å²) in [6.45, 7) is 3.23. The van der Waals surface area contributed by atoms with E-state index in [9.17, 15) is 15.2 Å². The smallest absolute Gasteiger partial charge is 0.269 e. The van der Waals surface area contributed by atoms with Crippen LogP contribution in [0.3, 0.4) is 0 Å². The highest BCUT2D eigenvalue weighted by Gasteiger charge is 2.32. The van der Waals surface area contributed by atoms with Gasteiger partial charge in [0, 0.05) is 17.7 Å². The lowest BCUT2D eigenvalue weighted by atomic mass is 9.77. The lowest BCUT2D eigenvalue weighted by Crippen LogP contribution is -2.51. The quantitative estimate of drug-likeness (QED) is 0.624. The van der Waals surface area contributed by atoms with Crippen LogP contribution >= 0.6 is 0 Å². The highest BCUT2D eigenvalue weighted by molar-refractivity contribution is 5.32. The number of hydrogen-bond donors (Lipinski definition) is 2. The van der Waals surface area contributed by atoms with Gasteiger partial charge in [0.05, 0.1) is 11.5 Å². The van der Waals surface area contributed by atoms with Crippen LogP contribution in [0.1, 0.15) is 38.2 Å². The number of hydrogen-bond acceptors (Lipinski definition) is 4. The summed E-state index contributed by atoms with van der Waals surface area (Å²) in [5.74, 6) is 0.751. The van der Waals surface area contributed by atoms with Gasteiger partial charge in [-0.15, -0.1) is 0 Å². The molecule has 0 aromatic heterocycles. The van der Waals surface area contributed by atoms with Gasteiger partial charge in [0.2, 0.25) is 0 Å². The van der Waals surface area contributed by atoms with Crippen molar-refractivity contribution in [2.45, 2.75) is 44.6 Å². The lowest BCUT2D eigenvalue weighted by molar-refractivity contribution is -0.384. The first-order valence-electron chi connectivity index (χ1n) is 7.64. The number of aliphatic hydroxyl groups excluding tert-OH is 1. The minimum absolute atomic E-state index is 0.125. The fourth-order valence-electron chi connectivity index (χ4n) is 2.96. The normalized spacial score (nSPS) is 25.7. The lowest BCUT2D eigenvalue weighted by Gasteiger charge is -2.39. The SMILES string of the molecule is CC1CCC(CO)(NCCc2ccc([N+](=O)[O-])cc2)CC1. The summed E-state index contributed by atoms with van der Waals surface area (Å²) >= 11 is 0. The van der Waals surface area contributed by atoms with Crippen molar-refractivity contribution in [3.63, 3.8) is 0 Å². The molecule has 0 atom stereocenters. The summed E-state index contributed by atoms with van der Waals surface area (Å²) in [6, 6.07) is 6.68. The van der Waals surface area contributed by atoms with Gasteiger partial charge >= 0.3 is 0 Å². The topological polar surface area (TPSA) is 75.4 Å². The fraction of sp³-hybridized carbons (Fsp3) is 0.625. The van der Waals surface area contributed by atoms with E-state index in [4.69, 9.17) is 0 Å². The number of nitro benzene ring substituents is 1. The molecule has 5 nitrogen and oxygen atoms in total. The Morgan fingerprint density at radius 2 is 1.95 bits per heavy atom. The molecule has 1 aromatic carbocycles. The Hall–Kier alpha value is -1.46. The van der Waals surface area contributed by atoms with Gasteiger partial charge in [-0.05, 0) is 50.1 Å². The average molecular weight is 292 g/mol. The van der Waals surface area contributed by atoms with Gasteiger partial charge < -0.3 is 10.4 Å². The number of aliphatic hydroxyl groups is 1. The molecule has 0 unspecified atom stereocenters. The van der Waals surface area contributed by atoms with Crippen LogP contribution in [0.15, 0.2) is 24.3 Å². The van der Waals surface area contributed by atoms with Gasteiger partial charge in [-0.25, -0.2) is 0 Å². The zero-order valence-electron chi connectivity index (χ0n) is 12.5. The van der Waals surface area contributed by atoms with E-state index in [1.54, 1.807) is 24.3 Å². The van der Waals surface area contributed by atoms with Crippen LogP contribution < -0.4 is 5.32 Å². The molecule has 1 fully saturated rings. The molecule has 0 radical (unpaired) electrons. The van der Waals surface area contributed by atoms with Crippen molar-refractivity contribution in [1.82, 2.24) is 5.32 Å². The van der Waals surface area contributed by atoms with Gasteiger partial charge in [-0.3, -0.25) is 10.1 Å². The molecule has 0 saturated heterocycles. The maximum absolute atomic E-state index is 10.6. The molecule has 21 heavy (non-hydrogen) atoms. The second-order valence-corrected chi connectivity index (χ2v) is 6.22. The van der Waals surface area contributed by atoms with Crippen molar-refractivity contribution in [1.29, 1.82) is 0 Å². The summed E-state index contributed by atoms with van der Waals surface area (Å²) in [5.41, 5.74) is 1.07. The summed E-state index contributed by atoms with van der Waals surface area (Å²) in [5, 5.41) is 23.8. The summed E-state index contributed by atoms with van der Waals surface area (Å²) < 4.78 is 0. The van der Waals surface area contributed by atoms with Crippen molar-refractivity contribution in [2.24, 2.45) is 5.92 Å². The van der Waals surface area contributed by atoms with Crippen molar-refractivity contribution in [2.75, 3.05) is 13.2 Å². The Morgan fingerprint density at radius 3 is 2.48 bits per heavy atom. The minimum atomic E-state index is -0.383. The molecule has 1 aliphatic carbocycles. The fourth-order valence-corrected chi connectivity index (χ4v) is 2.96. The molecular weight excluding hydrogens is 268 g/mol. The summed E-state index contributed by atoms with van der Waals surface area (Å²) in [7, 11) is 0. The summed E-state index contributed by atoms with van der Waals surface area (Å²) in [4.78, 5) is 10.2. The summed E-state index contributed by atoms with van der Waals surface area (Å²) in [6.07, 6.45) is 5.17. The Labute approximate surface area is 125 Å². The van der Waals surface area contributed by atoms with Crippen molar-refractivity contribution >= 4 is 5.69 Å². The number of nitro groups is 1. The van der Waals surface area contributed by atoms with E-state index >= 15 is 0 Å². The number of benzene rings is 1. The van der Waals surface area contributed by atoms with Gasteiger partial charge in [0.1, 0.15) is 0 Å². The monoisotopic (exact) mass is 292 g/mol. The largest absolute Gasteiger partial charge is 0.394 e. The van der Waals surface area contributed by atoms with E-state index in [1.807, 2.05) is 0 Å². The predicted molar refractivity (Wildman–Crippen MR) is 82.3 cm³/mol. The third-order valence-corrected chi connectivity index (χ3v) is 4.59. The number of non-ortho nitro benzene ring substituents is 1. The molecule has 0 spiro atoms. The molecule has 2 rings (SSSR count). The minimum Gasteiger partial charge on any atom is -0.394 e. The Morgan fingerprint density at radius 1 is 1.33 bits per heavy atom. The standard InChI is InChI=1S/C16H24N2O3/c1-13-6-9-16(12-19,10-7-13)17-11-8-14-2-4-15(5-3-14)18(20)21/h2-5,13,17,19H,6-12H2,1H3. The van der Waals surface area contributed by atoms with Crippen LogP contribution in [-0.2, 0) is 6.42 Å². The Balaban J connectivity index is 1.84. The van der Waals surface area contributed by atoms with E-state index in [0.29, 0.717) is 0 Å². The molecule has 5 heteroatoms. The first kappa shape index (κ1) is 15.9. The van der Waals surface area contributed by atoms with Crippen molar-refractivity contribution < 1.29 is 10.0 Å². The average Bonchev–Trinajstić information content (AvgIpc) is 2.50. The molecule has 1 saturated carbocycles. The van der Waals surface area contributed by atoms with Gasteiger partial charge in [-0.2, -0.15) is 0 Å². The number of nitrogens with one attached hydrogen (secondary N) is 1. The predicted octanol–water partition coefficient (Wildman–Crippen LogP) is 2.67. The van der Waals surface area contributed by atoms with Gasteiger partial charge in [0.15, 0.2) is 0 Å². The van der Waals surface area contributed by atoms with Gasteiger partial charge in [-0.1, -0.05) is 19.1 Å². The zero-order valence-corrected chi connectivity index (χ0v) is 12.5. The molecule has 116 valence electrons. The highest BCUT2D eigenvalue weighted by atomic mass is 16.6. The van der Waals surface area contributed by atoms with Crippen LogP contribution in [-0.4, -0.2) is 28.7 Å².